The Kier molecular flexibility index (Phi) is 3.53. The minimum atomic E-state index is -1.07. The number of rotatable bonds is 3. The second-order valence-corrected chi connectivity index (χ2v) is 4.16. The molecule has 1 aromatic heterocycles. The third-order valence-electron chi connectivity index (χ3n) is 2.84. The first-order valence-electron chi connectivity index (χ1n) is 5.75. The fourth-order valence-corrected chi connectivity index (χ4v) is 1.75. The Hall–Kier alpha value is -3.07. The standard InChI is InChI=1S/C14H12N4O2/c1-18(11-4-2-9(7-15)3-5-11)13-12(16)6-10(8-17-13)14(19)20/h2-6,8H,16H2,1H3,(H,19,20). The van der Waals surface area contributed by atoms with Gasteiger partial charge in [-0.05, 0) is 30.3 Å². The Balaban J connectivity index is 2.35. The van der Waals surface area contributed by atoms with Crippen LogP contribution in [0.1, 0.15) is 15.9 Å². The predicted octanol–water partition coefficient (Wildman–Crippen LogP) is 2.00. The third-order valence-corrected chi connectivity index (χ3v) is 2.84. The summed E-state index contributed by atoms with van der Waals surface area (Å²) in [7, 11) is 1.76. The SMILES string of the molecule is CN(c1ccc(C#N)cc1)c1ncc(C(=O)O)cc1N. The zero-order valence-corrected chi connectivity index (χ0v) is 10.7. The summed E-state index contributed by atoms with van der Waals surface area (Å²) in [5.41, 5.74) is 7.51. The number of carboxylic acid groups (broad SMARTS) is 1. The minimum Gasteiger partial charge on any atom is -0.478 e. The van der Waals surface area contributed by atoms with Crippen LogP contribution < -0.4 is 10.6 Å². The van der Waals surface area contributed by atoms with Gasteiger partial charge in [0.25, 0.3) is 0 Å². The second kappa shape index (κ2) is 5.28. The molecule has 3 N–H and O–H groups in total. The summed E-state index contributed by atoms with van der Waals surface area (Å²) in [6.07, 6.45) is 1.26. The number of anilines is 3. The van der Waals surface area contributed by atoms with Gasteiger partial charge in [-0.3, -0.25) is 0 Å². The lowest BCUT2D eigenvalue weighted by Crippen LogP contribution is -2.14. The van der Waals surface area contributed by atoms with E-state index < -0.39 is 5.97 Å². The van der Waals surface area contributed by atoms with E-state index in [2.05, 4.69) is 4.98 Å². The van der Waals surface area contributed by atoms with Crippen molar-refractivity contribution in [2.75, 3.05) is 17.7 Å². The molecule has 1 aromatic carbocycles. The molecule has 0 aliphatic rings. The maximum Gasteiger partial charge on any atom is 0.337 e. The van der Waals surface area contributed by atoms with E-state index in [0.717, 1.165) is 5.69 Å². The van der Waals surface area contributed by atoms with Crippen LogP contribution in [0.5, 0.6) is 0 Å². The van der Waals surface area contributed by atoms with Crippen molar-refractivity contribution in [1.82, 2.24) is 4.98 Å². The van der Waals surface area contributed by atoms with Crippen molar-refractivity contribution in [3.63, 3.8) is 0 Å². The fraction of sp³-hybridized carbons (Fsp3) is 0.0714. The first-order chi connectivity index (χ1) is 9.52. The molecule has 0 atom stereocenters. The normalized spacial score (nSPS) is 9.80. The molecule has 0 radical (unpaired) electrons. The Morgan fingerprint density at radius 3 is 2.55 bits per heavy atom. The third kappa shape index (κ3) is 2.52. The molecule has 0 aliphatic heterocycles. The Bertz CT molecular complexity index is 689. The molecule has 0 bridgehead atoms. The van der Waals surface area contributed by atoms with E-state index in [1.165, 1.54) is 12.3 Å². The van der Waals surface area contributed by atoms with Crippen LogP contribution in [-0.4, -0.2) is 23.1 Å². The van der Waals surface area contributed by atoms with E-state index in [-0.39, 0.29) is 11.3 Å². The highest BCUT2D eigenvalue weighted by Gasteiger charge is 2.12. The number of nitrogen functional groups attached to an aromatic ring is 1. The van der Waals surface area contributed by atoms with Gasteiger partial charge in [-0.2, -0.15) is 5.26 Å². The summed E-state index contributed by atoms with van der Waals surface area (Å²) < 4.78 is 0. The predicted molar refractivity (Wildman–Crippen MR) is 74.8 cm³/mol. The highest BCUT2D eigenvalue weighted by molar-refractivity contribution is 5.89. The van der Waals surface area contributed by atoms with E-state index in [1.54, 1.807) is 36.2 Å². The lowest BCUT2D eigenvalue weighted by Gasteiger charge is -2.20. The quantitative estimate of drug-likeness (QED) is 0.882. The fourth-order valence-electron chi connectivity index (χ4n) is 1.75. The molecule has 0 unspecified atom stereocenters. The van der Waals surface area contributed by atoms with E-state index in [0.29, 0.717) is 11.4 Å². The van der Waals surface area contributed by atoms with Crippen LogP contribution in [0, 0.1) is 11.3 Å². The van der Waals surface area contributed by atoms with Crippen molar-refractivity contribution >= 4 is 23.2 Å². The molecular formula is C14H12N4O2. The van der Waals surface area contributed by atoms with E-state index in [9.17, 15) is 4.79 Å². The molecule has 0 saturated heterocycles. The van der Waals surface area contributed by atoms with Crippen molar-refractivity contribution in [3.05, 3.63) is 47.7 Å². The number of aromatic nitrogens is 1. The smallest absolute Gasteiger partial charge is 0.337 e. The number of carbonyl (C=O) groups is 1. The van der Waals surface area contributed by atoms with E-state index in [4.69, 9.17) is 16.1 Å². The van der Waals surface area contributed by atoms with Gasteiger partial charge < -0.3 is 15.7 Å². The zero-order valence-electron chi connectivity index (χ0n) is 10.7. The number of benzene rings is 1. The molecule has 2 rings (SSSR count). The van der Waals surface area contributed by atoms with Crippen LogP contribution in [0.25, 0.3) is 0 Å². The van der Waals surface area contributed by atoms with Crippen LogP contribution in [0.15, 0.2) is 36.5 Å². The number of pyridine rings is 1. The number of hydrogen-bond acceptors (Lipinski definition) is 5. The maximum absolute atomic E-state index is 10.8. The molecule has 2 aromatic rings. The van der Waals surface area contributed by atoms with Crippen molar-refractivity contribution in [1.29, 1.82) is 5.26 Å². The number of aromatic carboxylic acids is 1. The molecule has 100 valence electrons. The molecule has 0 aliphatic carbocycles. The number of nitrogens with zero attached hydrogens (tertiary/aromatic N) is 3. The van der Waals surface area contributed by atoms with Gasteiger partial charge >= 0.3 is 5.97 Å². The van der Waals surface area contributed by atoms with Gasteiger partial charge in [-0.15, -0.1) is 0 Å². The minimum absolute atomic E-state index is 0.0412. The topological polar surface area (TPSA) is 103 Å². The highest BCUT2D eigenvalue weighted by atomic mass is 16.4. The number of carboxylic acids is 1. The van der Waals surface area contributed by atoms with Gasteiger partial charge in [0.1, 0.15) is 0 Å². The largest absolute Gasteiger partial charge is 0.478 e. The summed E-state index contributed by atoms with van der Waals surface area (Å²) in [5.74, 6) is -0.614. The monoisotopic (exact) mass is 268 g/mol. The lowest BCUT2D eigenvalue weighted by molar-refractivity contribution is 0.0696. The van der Waals surface area contributed by atoms with Gasteiger partial charge in [-0.1, -0.05) is 0 Å². The molecule has 6 nitrogen and oxygen atoms in total. The number of nitriles is 1. The Labute approximate surface area is 115 Å². The van der Waals surface area contributed by atoms with Crippen LogP contribution >= 0.6 is 0 Å². The summed E-state index contributed by atoms with van der Waals surface area (Å²) >= 11 is 0. The van der Waals surface area contributed by atoms with Gasteiger partial charge in [0.2, 0.25) is 0 Å². The van der Waals surface area contributed by atoms with Gasteiger partial charge in [-0.25, -0.2) is 9.78 Å². The van der Waals surface area contributed by atoms with E-state index in [1.807, 2.05) is 6.07 Å². The van der Waals surface area contributed by atoms with Crippen molar-refractivity contribution < 1.29 is 9.90 Å². The second-order valence-electron chi connectivity index (χ2n) is 4.16. The van der Waals surface area contributed by atoms with Crippen LogP contribution in [-0.2, 0) is 0 Å². The molecule has 6 heteroatoms. The van der Waals surface area contributed by atoms with E-state index >= 15 is 0 Å². The lowest BCUT2D eigenvalue weighted by atomic mass is 10.2. The summed E-state index contributed by atoms with van der Waals surface area (Å²) in [6, 6.07) is 10.3. The molecule has 20 heavy (non-hydrogen) atoms. The Morgan fingerprint density at radius 2 is 2.05 bits per heavy atom. The average Bonchev–Trinajstić information content (AvgIpc) is 2.46. The molecule has 0 spiro atoms. The van der Waals surface area contributed by atoms with Crippen molar-refractivity contribution in [3.8, 4) is 6.07 Å². The molecule has 0 amide bonds. The first kappa shape index (κ1) is 13.4. The van der Waals surface area contributed by atoms with Gasteiger partial charge in [0.15, 0.2) is 5.82 Å². The van der Waals surface area contributed by atoms with Crippen molar-refractivity contribution in [2.45, 2.75) is 0 Å². The molecule has 1 heterocycles. The number of nitrogens with two attached hydrogens (primary N) is 1. The highest BCUT2D eigenvalue weighted by Crippen LogP contribution is 2.27. The zero-order chi connectivity index (χ0) is 14.7. The van der Waals surface area contributed by atoms with Crippen molar-refractivity contribution in [2.24, 2.45) is 0 Å². The van der Waals surface area contributed by atoms with Crippen LogP contribution in [0.3, 0.4) is 0 Å². The van der Waals surface area contributed by atoms with Crippen LogP contribution in [0.2, 0.25) is 0 Å². The molecule has 0 saturated carbocycles. The summed E-state index contributed by atoms with van der Waals surface area (Å²) in [5, 5.41) is 17.6. The maximum atomic E-state index is 10.8. The summed E-state index contributed by atoms with van der Waals surface area (Å²) in [4.78, 5) is 16.6. The van der Waals surface area contributed by atoms with Gasteiger partial charge in [0, 0.05) is 18.9 Å². The average molecular weight is 268 g/mol. The summed E-state index contributed by atoms with van der Waals surface area (Å²) in [6.45, 7) is 0. The van der Waals surface area contributed by atoms with Gasteiger partial charge in [0.05, 0.1) is 22.9 Å². The van der Waals surface area contributed by atoms with Crippen LogP contribution in [0.4, 0.5) is 17.2 Å². The Morgan fingerprint density at radius 1 is 1.40 bits per heavy atom. The molecular weight excluding hydrogens is 256 g/mol. The molecule has 0 fully saturated rings. The first-order valence-corrected chi connectivity index (χ1v) is 5.75. The number of hydrogen-bond donors (Lipinski definition) is 2.